The Morgan fingerprint density at radius 1 is 0.889 bits per heavy atom. The normalized spacial score (nSPS) is 14.8. The second-order valence-electron chi connectivity index (χ2n) is 6.85. The van der Waals surface area contributed by atoms with Gasteiger partial charge in [-0.1, -0.05) is 24.3 Å². The van der Waals surface area contributed by atoms with Crippen LogP contribution in [0.3, 0.4) is 0 Å². The average Bonchev–Trinajstić information content (AvgIpc) is 2.73. The van der Waals surface area contributed by atoms with Gasteiger partial charge in [0.15, 0.2) is 0 Å². The monoisotopic (exact) mass is 368 g/mol. The lowest BCUT2D eigenvalue weighted by Crippen LogP contribution is -2.49. The van der Waals surface area contributed by atoms with Crippen LogP contribution in [0.25, 0.3) is 0 Å². The number of nitrogens with zero attached hydrogens (tertiary/aromatic N) is 2. The number of piperazine rings is 1. The van der Waals surface area contributed by atoms with Gasteiger partial charge in [-0.25, -0.2) is 0 Å². The van der Waals surface area contributed by atoms with E-state index in [0.717, 1.165) is 56.2 Å². The number of methoxy groups -OCH3 is 2. The molecule has 2 aromatic carbocycles. The van der Waals surface area contributed by atoms with Crippen LogP contribution >= 0.6 is 0 Å². The Morgan fingerprint density at radius 3 is 2.11 bits per heavy atom. The van der Waals surface area contributed by atoms with Gasteiger partial charge >= 0.3 is 0 Å². The number of carbonyl (C=O) groups is 1. The molecule has 27 heavy (non-hydrogen) atoms. The molecule has 1 aliphatic rings. The summed E-state index contributed by atoms with van der Waals surface area (Å²) in [5.41, 5.74) is 2.28. The van der Waals surface area contributed by atoms with Gasteiger partial charge in [0.05, 0.1) is 20.6 Å². The van der Waals surface area contributed by atoms with Crippen molar-refractivity contribution >= 4 is 5.91 Å². The van der Waals surface area contributed by atoms with Crippen LogP contribution in [0.2, 0.25) is 0 Å². The first-order valence-electron chi connectivity index (χ1n) is 9.44. The second-order valence-corrected chi connectivity index (χ2v) is 6.85. The molecular formula is C22H28N2O3. The lowest BCUT2D eigenvalue weighted by atomic mass is 10.1. The standard InChI is InChI=1S/C22H28N2O3/c1-26-20-7-3-5-18(15-20)9-10-23-11-13-24(14-12-23)22(25)17-19-6-4-8-21(16-19)27-2/h3-8,15-16H,9-14,17H2,1-2H3. The molecule has 3 rings (SSSR count). The molecule has 1 amide bonds. The number of hydrogen-bond acceptors (Lipinski definition) is 4. The molecule has 1 aliphatic heterocycles. The van der Waals surface area contributed by atoms with E-state index in [4.69, 9.17) is 9.47 Å². The van der Waals surface area contributed by atoms with Gasteiger partial charge in [0.1, 0.15) is 11.5 Å². The largest absolute Gasteiger partial charge is 0.497 e. The van der Waals surface area contributed by atoms with E-state index in [2.05, 4.69) is 17.0 Å². The molecule has 0 atom stereocenters. The summed E-state index contributed by atoms with van der Waals surface area (Å²) in [6.45, 7) is 4.44. The van der Waals surface area contributed by atoms with Gasteiger partial charge in [0.25, 0.3) is 0 Å². The summed E-state index contributed by atoms with van der Waals surface area (Å²) in [6.07, 6.45) is 1.43. The molecule has 0 unspecified atom stereocenters. The van der Waals surface area contributed by atoms with Crippen molar-refractivity contribution in [2.24, 2.45) is 0 Å². The molecule has 0 radical (unpaired) electrons. The van der Waals surface area contributed by atoms with Gasteiger partial charge in [-0.2, -0.15) is 0 Å². The second kappa shape index (κ2) is 9.42. The Hall–Kier alpha value is -2.53. The summed E-state index contributed by atoms with van der Waals surface area (Å²) < 4.78 is 10.5. The maximum absolute atomic E-state index is 12.6. The van der Waals surface area contributed by atoms with Crippen molar-refractivity contribution < 1.29 is 14.3 Å². The minimum Gasteiger partial charge on any atom is -0.497 e. The number of carbonyl (C=O) groups excluding carboxylic acids is 1. The van der Waals surface area contributed by atoms with Crippen molar-refractivity contribution in [3.63, 3.8) is 0 Å². The zero-order valence-electron chi connectivity index (χ0n) is 16.2. The molecule has 5 nitrogen and oxygen atoms in total. The fourth-order valence-electron chi connectivity index (χ4n) is 3.40. The molecule has 1 fully saturated rings. The van der Waals surface area contributed by atoms with Gasteiger partial charge in [-0.3, -0.25) is 9.69 Å². The highest BCUT2D eigenvalue weighted by atomic mass is 16.5. The van der Waals surface area contributed by atoms with Gasteiger partial charge < -0.3 is 14.4 Å². The van der Waals surface area contributed by atoms with Gasteiger partial charge in [-0.15, -0.1) is 0 Å². The van der Waals surface area contributed by atoms with Crippen LogP contribution in [0.15, 0.2) is 48.5 Å². The van der Waals surface area contributed by atoms with E-state index in [1.807, 2.05) is 41.3 Å². The number of hydrogen-bond donors (Lipinski definition) is 0. The van der Waals surface area contributed by atoms with Crippen molar-refractivity contribution in [2.75, 3.05) is 46.9 Å². The topological polar surface area (TPSA) is 42.0 Å². The predicted octanol–water partition coefficient (Wildman–Crippen LogP) is 2.63. The maximum Gasteiger partial charge on any atom is 0.227 e. The molecule has 1 heterocycles. The van der Waals surface area contributed by atoms with Crippen LogP contribution in [0.5, 0.6) is 11.5 Å². The maximum atomic E-state index is 12.6. The molecule has 0 aromatic heterocycles. The quantitative estimate of drug-likeness (QED) is 0.753. The van der Waals surface area contributed by atoms with Crippen molar-refractivity contribution in [3.05, 3.63) is 59.7 Å². The minimum absolute atomic E-state index is 0.190. The van der Waals surface area contributed by atoms with E-state index in [1.165, 1.54) is 5.56 Å². The third kappa shape index (κ3) is 5.47. The highest BCUT2D eigenvalue weighted by Crippen LogP contribution is 2.15. The Bertz CT molecular complexity index is 755. The van der Waals surface area contributed by atoms with Crippen LogP contribution in [-0.2, 0) is 17.6 Å². The van der Waals surface area contributed by atoms with E-state index < -0.39 is 0 Å². The first-order chi connectivity index (χ1) is 13.2. The molecule has 144 valence electrons. The lowest BCUT2D eigenvalue weighted by Gasteiger charge is -2.34. The summed E-state index contributed by atoms with van der Waals surface area (Å²) in [7, 11) is 3.34. The smallest absolute Gasteiger partial charge is 0.227 e. The molecule has 1 saturated heterocycles. The summed E-state index contributed by atoms with van der Waals surface area (Å²) in [5, 5.41) is 0. The van der Waals surface area contributed by atoms with Crippen LogP contribution in [0.1, 0.15) is 11.1 Å². The summed E-state index contributed by atoms with van der Waals surface area (Å²) >= 11 is 0. The first-order valence-corrected chi connectivity index (χ1v) is 9.44. The summed E-state index contributed by atoms with van der Waals surface area (Å²) in [6, 6.07) is 16.0. The van der Waals surface area contributed by atoms with Crippen molar-refractivity contribution in [1.82, 2.24) is 9.80 Å². The number of amides is 1. The molecule has 0 bridgehead atoms. The SMILES string of the molecule is COc1cccc(CCN2CCN(C(=O)Cc3cccc(OC)c3)CC2)c1. The molecule has 0 saturated carbocycles. The van der Waals surface area contributed by atoms with Crippen LogP contribution in [0, 0.1) is 0 Å². The average molecular weight is 368 g/mol. The van der Waals surface area contributed by atoms with E-state index in [-0.39, 0.29) is 5.91 Å². The molecule has 0 N–H and O–H groups in total. The molecule has 0 spiro atoms. The van der Waals surface area contributed by atoms with E-state index in [1.54, 1.807) is 14.2 Å². The third-order valence-electron chi connectivity index (χ3n) is 5.07. The zero-order chi connectivity index (χ0) is 19.1. The highest BCUT2D eigenvalue weighted by molar-refractivity contribution is 5.79. The molecule has 0 aliphatic carbocycles. The Balaban J connectivity index is 1.44. The molecule has 2 aromatic rings. The molecular weight excluding hydrogens is 340 g/mol. The fourth-order valence-corrected chi connectivity index (χ4v) is 3.40. The Labute approximate surface area is 161 Å². The van der Waals surface area contributed by atoms with Crippen molar-refractivity contribution in [2.45, 2.75) is 12.8 Å². The zero-order valence-corrected chi connectivity index (χ0v) is 16.2. The Morgan fingerprint density at radius 2 is 1.48 bits per heavy atom. The number of ether oxygens (including phenoxy) is 2. The Kier molecular flexibility index (Phi) is 6.71. The van der Waals surface area contributed by atoms with E-state index >= 15 is 0 Å². The lowest BCUT2D eigenvalue weighted by molar-refractivity contribution is -0.132. The van der Waals surface area contributed by atoms with Crippen LogP contribution in [-0.4, -0.2) is 62.7 Å². The van der Waals surface area contributed by atoms with Gasteiger partial charge in [-0.05, 0) is 41.8 Å². The first kappa shape index (κ1) is 19.2. The minimum atomic E-state index is 0.190. The van der Waals surface area contributed by atoms with Crippen LogP contribution in [0.4, 0.5) is 0 Å². The highest BCUT2D eigenvalue weighted by Gasteiger charge is 2.21. The summed E-state index contributed by atoms with van der Waals surface area (Å²) in [5.74, 6) is 1.89. The van der Waals surface area contributed by atoms with Crippen LogP contribution < -0.4 is 9.47 Å². The number of benzene rings is 2. The van der Waals surface area contributed by atoms with Crippen molar-refractivity contribution in [3.8, 4) is 11.5 Å². The van der Waals surface area contributed by atoms with Crippen molar-refractivity contribution in [1.29, 1.82) is 0 Å². The molecule has 5 heteroatoms. The summed E-state index contributed by atoms with van der Waals surface area (Å²) in [4.78, 5) is 17.0. The third-order valence-corrected chi connectivity index (χ3v) is 5.07. The van der Waals surface area contributed by atoms with E-state index in [0.29, 0.717) is 6.42 Å². The fraction of sp³-hybridized carbons (Fsp3) is 0.409. The van der Waals surface area contributed by atoms with E-state index in [9.17, 15) is 4.79 Å². The number of rotatable bonds is 7. The van der Waals surface area contributed by atoms with Gasteiger partial charge in [0.2, 0.25) is 5.91 Å². The predicted molar refractivity (Wildman–Crippen MR) is 106 cm³/mol. The van der Waals surface area contributed by atoms with Gasteiger partial charge in [0, 0.05) is 32.7 Å².